The molecular weight excluding hydrogens is 488 g/mol. The van der Waals surface area contributed by atoms with Crippen LogP contribution in [0, 0.1) is 5.82 Å². The molecule has 0 radical (unpaired) electrons. The van der Waals surface area contributed by atoms with Crippen LogP contribution >= 0.6 is 0 Å². The quantitative estimate of drug-likeness (QED) is 0.231. The normalized spacial score (nSPS) is 11.4. The molecule has 184 valence electrons. The number of tetrazole rings is 1. The zero-order valence-electron chi connectivity index (χ0n) is 17.9. The molecule has 15 heteroatoms. The van der Waals surface area contributed by atoms with Gasteiger partial charge in [0.2, 0.25) is 0 Å². The molecule has 0 saturated heterocycles. The van der Waals surface area contributed by atoms with Gasteiger partial charge >= 0.3 is 12.4 Å². The molecule has 2 amide bonds. The first-order valence-corrected chi connectivity index (χ1v) is 9.84. The molecule has 0 fully saturated rings. The predicted molar refractivity (Wildman–Crippen MR) is 116 cm³/mol. The summed E-state index contributed by atoms with van der Waals surface area (Å²) in [7, 11) is 0. The largest absolute Gasteiger partial charge is 0.573 e. The molecule has 11 nitrogen and oxygen atoms in total. The Morgan fingerprint density at radius 1 is 1.08 bits per heavy atom. The minimum atomic E-state index is -4.83. The fourth-order valence-corrected chi connectivity index (χ4v) is 2.82. The van der Waals surface area contributed by atoms with Gasteiger partial charge in [0.1, 0.15) is 17.8 Å². The highest BCUT2D eigenvalue weighted by Crippen LogP contribution is 2.29. The minimum absolute atomic E-state index is 0.0234. The number of carbonyl (C=O) groups is 1. The smallest absolute Gasteiger partial charge is 0.454 e. The fraction of sp³-hybridized carbons (Fsp3) is 0.0476. The van der Waals surface area contributed by atoms with Crippen LogP contribution in [0.4, 0.5) is 28.0 Å². The number of alkyl halides is 3. The Morgan fingerprint density at radius 2 is 1.86 bits per heavy atom. The summed E-state index contributed by atoms with van der Waals surface area (Å²) < 4.78 is 62.2. The molecular formula is C21H14F4N8O3. The van der Waals surface area contributed by atoms with E-state index in [1.165, 1.54) is 53.6 Å². The molecule has 0 spiro atoms. The number of nitrogens with two attached hydrogens (primary N) is 1. The summed E-state index contributed by atoms with van der Waals surface area (Å²) >= 11 is 0. The van der Waals surface area contributed by atoms with Crippen LogP contribution in [0.1, 0.15) is 5.56 Å². The van der Waals surface area contributed by atoms with E-state index < -0.39 is 24.0 Å². The molecule has 0 bridgehead atoms. The molecule has 0 unspecified atom stereocenters. The van der Waals surface area contributed by atoms with Gasteiger partial charge in [-0.25, -0.2) is 14.2 Å². The molecule has 0 aliphatic carbocycles. The van der Waals surface area contributed by atoms with Crippen molar-refractivity contribution in [2.45, 2.75) is 6.36 Å². The molecule has 4 aromatic rings. The van der Waals surface area contributed by atoms with Gasteiger partial charge in [0.05, 0.1) is 11.9 Å². The van der Waals surface area contributed by atoms with Gasteiger partial charge in [-0.15, -0.1) is 18.3 Å². The zero-order chi connectivity index (χ0) is 25.7. The van der Waals surface area contributed by atoms with E-state index in [2.05, 4.69) is 30.3 Å². The number of urea groups is 1. The van der Waals surface area contributed by atoms with Crippen LogP contribution < -0.4 is 20.2 Å². The molecule has 0 saturated carbocycles. The number of nitrogens with zero attached hydrogens (tertiary/aromatic N) is 7. The number of rotatable bonds is 7. The van der Waals surface area contributed by atoms with Crippen LogP contribution in [0.15, 0.2) is 72.2 Å². The average Bonchev–Trinajstić information content (AvgIpc) is 3.36. The number of benzene rings is 2. The SMILES string of the molecule is NC(=O)N(/N=C/c1ccc(OC(F)(F)F)cc1)c1ccc(Oc2ccnc(-n3cnnn3)c2)c(F)c1. The summed E-state index contributed by atoms with van der Waals surface area (Å²) in [5.74, 6) is -0.848. The third-order valence-corrected chi connectivity index (χ3v) is 4.33. The monoisotopic (exact) mass is 502 g/mol. The second-order valence-electron chi connectivity index (χ2n) is 6.83. The Labute approximate surface area is 199 Å². The average molecular weight is 502 g/mol. The maximum Gasteiger partial charge on any atom is 0.573 e. The highest BCUT2D eigenvalue weighted by molar-refractivity contribution is 5.93. The van der Waals surface area contributed by atoms with E-state index in [-0.39, 0.29) is 17.2 Å². The van der Waals surface area contributed by atoms with Crippen LogP contribution in [0.5, 0.6) is 17.2 Å². The Bertz CT molecular complexity index is 1380. The number of primary amides is 1. The minimum Gasteiger partial charge on any atom is -0.454 e. The summed E-state index contributed by atoms with van der Waals surface area (Å²) in [4.78, 5) is 16.0. The highest BCUT2D eigenvalue weighted by atomic mass is 19.4. The van der Waals surface area contributed by atoms with Gasteiger partial charge < -0.3 is 15.2 Å². The van der Waals surface area contributed by atoms with Gasteiger partial charge in [-0.05, 0) is 58.5 Å². The van der Waals surface area contributed by atoms with Crippen LogP contribution in [0.25, 0.3) is 5.82 Å². The first-order valence-electron chi connectivity index (χ1n) is 9.84. The molecule has 0 atom stereocenters. The number of ether oxygens (including phenoxy) is 2. The number of aromatic nitrogens is 5. The Balaban J connectivity index is 1.49. The molecule has 2 aromatic heterocycles. The van der Waals surface area contributed by atoms with E-state index >= 15 is 0 Å². The van der Waals surface area contributed by atoms with Crippen molar-refractivity contribution >= 4 is 17.9 Å². The lowest BCUT2D eigenvalue weighted by Gasteiger charge is -2.15. The summed E-state index contributed by atoms with van der Waals surface area (Å²) in [6, 6.07) is 10.2. The standard InChI is InChI=1S/C21H14F4N8O3/c22-17-9-14(3-6-18(17)35-16-7-8-27-19(10-16)32-12-28-30-31-32)33(20(26)34)29-11-13-1-4-15(5-2-13)36-21(23,24)25/h1-12H,(H2,26,34)/b29-11+. The number of halogens is 4. The van der Waals surface area contributed by atoms with Gasteiger partial charge in [0.25, 0.3) is 0 Å². The Morgan fingerprint density at radius 3 is 2.50 bits per heavy atom. The van der Waals surface area contributed by atoms with Crippen molar-refractivity contribution < 1.29 is 31.8 Å². The van der Waals surface area contributed by atoms with E-state index in [0.29, 0.717) is 16.4 Å². The van der Waals surface area contributed by atoms with Crippen molar-refractivity contribution in [3.05, 3.63) is 78.5 Å². The maximum absolute atomic E-state index is 14.8. The lowest BCUT2D eigenvalue weighted by molar-refractivity contribution is -0.274. The van der Waals surface area contributed by atoms with Crippen molar-refractivity contribution in [3.8, 4) is 23.1 Å². The van der Waals surface area contributed by atoms with E-state index in [1.54, 1.807) is 0 Å². The summed E-state index contributed by atoms with van der Waals surface area (Å²) in [5.41, 5.74) is 5.65. The number of hydrogen-bond acceptors (Lipinski definition) is 8. The summed E-state index contributed by atoms with van der Waals surface area (Å²) in [6.07, 6.45) is -0.927. The molecule has 2 heterocycles. The number of anilines is 1. The topological polar surface area (TPSA) is 134 Å². The van der Waals surface area contributed by atoms with Gasteiger partial charge in [0, 0.05) is 18.3 Å². The third kappa shape index (κ3) is 6.07. The number of pyridine rings is 1. The van der Waals surface area contributed by atoms with E-state index in [1.807, 2.05) is 0 Å². The number of hydrogen-bond donors (Lipinski definition) is 1. The lowest BCUT2D eigenvalue weighted by atomic mass is 10.2. The first kappa shape index (κ1) is 24.1. The Kier molecular flexibility index (Phi) is 6.71. The van der Waals surface area contributed by atoms with Crippen LogP contribution in [-0.4, -0.2) is 43.8 Å². The summed E-state index contributed by atoms with van der Waals surface area (Å²) in [5, 5.41) is 15.3. The predicted octanol–water partition coefficient (Wildman–Crippen LogP) is 3.81. The second-order valence-corrected chi connectivity index (χ2v) is 6.83. The molecule has 2 N–H and O–H groups in total. The highest BCUT2D eigenvalue weighted by Gasteiger charge is 2.30. The second kappa shape index (κ2) is 10.0. The van der Waals surface area contributed by atoms with Gasteiger partial charge in [-0.1, -0.05) is 0 Å². The van der Waals surface area contributed by atoms with E-state index in [4.69, 9.17) is 10.5 Å². The molecule has 36 heavy (non-hydrogen) atoms. The van der Waals surface area contributed by atoms with Crippen LogP contribution in [-0.2, 0) is 0 Å². The van der Waals surface area contributed by atoms with E-state index in [9.17, 15) is 22.4 Å². The first-order chi connectivity index (χ1) is 17.2. The maximum atomic E-state index is 14.8. The van der Waals surface area contributed by atoms with Crippen molar-refractivity contribution in [1.82, 2.24) is 25.2 Å². The van der Waals surface area contributed by atoms with Gasteiger partial charge in [-0.3, -0.25) is 0 Å². The van der Waals surface area contributed by atoms with Crippen LogP contribution in [0.2, 0.25) is 0 Å². The van der Waals surface area contributed by atoms with Crippen molar-refractivity contribution in [2.75, 3.05) is 5.01 Å². The number of carbonyl (C=O) groups excluding carboxylic acids is 1. The molecule has 0 aliphatic heterocycles. The lowest BCUT2D eigenvalue weighted by Crippen LogP contribution is -2.31. The molecule has 2 aromatic carbocycles. The molecule has 0 aliphatic rings. The van der Waals surface area contributed by atoms with Gasteiger partial charge in [-0.2, -0.15) is 14.8 Å². The third-order valence-electron chi connectivity index (χ3n) is 4.33. The number of hydrazone groups is 1. The van der Waals surface area contributed by atoms with Crippen molar-refractivity contribution in [1.29, 1.82) is 0 Å². The zero-order valence-corrected chi connectivity index (χ0v) is 17.9. The fourth-order valence-electron chi connectivity index (χ4n) is 2.82. The molecule has 4 rings (SSSR count). The van der Waals surface area contributed by atoms with Crippen molar-refractivity contribution in [3.63, 3.8) is 0 Å². The van der Waals surface area contributed by atoms with Gasteiger partial charge in [0.15, 0.2) is 17.4 Å². The summed E-state index contributed by atoms with van der Waals surface area (Å²) in [6.45, 7) is 0. The number of amides is 2. The Hall–Kier alpha value is -5.08. The van der Waals surface area contributed by atoms with Crippen LogP contribution in [0.3, 0.4) is 0 Å². The van der Waals surface area contributed by atoms with Crippen molar-refractivity contribution in [2.24, 2.45) is 10.8 Å². The van der Waals surface area contributed by atoms with E-state index in [0.717, 1.165) is 24.4 Å².